The van der Waals surface area contributed by atoms with Crippen LogP contribution in [0.5, 0.6) is 0 Å². The third-order valence-corrected chi connectivity index (χ3v) is 4.34. The minimum absolute atomic E-state index is 0.754. The van der Waals surface area contributed by atoms with Crippen LogP contribution in [0.15, 0.2) is 22.7 Å². The molecule has 0 aromatic heterocycles. The van der Waals surface area contributed by atoms with Crippen LogP contribution in [0, 0.1) is 5.92 Å². The van der Waals surface area contributed by atoms with E-state index in [1.807, 2.05) is 0 Å². The van der Waals surface area contributed by atoms with Gasteiger partial charge in [-0.2, -0.15) is 0 Å². The van der Waals surface area contributed by atoms with Crippen LogP contribution < -0.4 is 10.2 Å². The number of halogens is 1. The molecule has 3 nitrogen and oxygen atoms in total. The van der Waals surface area contributed by atoms with E-state index in [-0.39, 0.29) is 0 Å². The molecule has 1 aromatic carbocycles. The van der Waals surface area contributed by atoms with Crippen molar-refractivity contribution in [2.45, 2.75) is 32.7 Å². The Kier molecular flexibility index (Phi) is 7.00. The predicted octanol–water partition coefficient (Wildman–Crippen LogP) is 3.81. The van der Waals surface area contributed by atoms with E-state index in [1.54, 1.807) is 7.11 Å². The van der Waals surface area contributed by atoms with Gasteiger partial charge in [0.25, 0.3) is 0 Å². The van der Waals surface area contributed by atoms with Gasteiger partial charge < -0.3 is 15.0 Å². The maximum absolute atomic E-state index is 5.10. The van der Waals surface area contributed by atoms with E-state index >= 15 is 0 Å². The molecule has 0 saturated heterocycles. The largest absolute Gasteiger partial charge is 0.383 e. The minimum Gasteiger partial charge on any atom is -0.383 e. The summed E-state index contributed by atoms with van der Waals surface area (Å²) >= 11 is 3.60. The molecule has 1 aromatic rings. The molecule has 0 radical (unpaired) electrons. The van der Waals surface area contributed by atoms with Crippen LogP contribution in [0.25, 0.3) is 0 Å². The van der Waals surface area contributed by atoms with Crippen molar-refractivity contribution in [3.63, 3.8) is 0 Å². The highest BCUT2D eigenvalue weighted by molar-refractivity contribution is 9.10. The normalized spacial score (nSPS) is 14.4. The molecule has 1 N–H and O–H groups in total. The first-order valence-electron chi connectivity index (χ1n) is 7.97. The van der Waals surface area contributed by atoms with Gasteiger partial charge in [-0.15, -0.1) is 0 Å². The second-order valence-electron chi connectivity index (χ2n) is 5.83. The molecule has 1 aliphatic rings. The van der Waals surface area contributed by atoms with Gasteiger partial charge in [-0.1, -0.05) is 22.9 Å². The molecule has 0 atom stereocenters. The molecule has 0 unspecified atom stereocenters. The summed E-state index contributed by atoms with van der Waals surface area (Å²) in [5.74, 6) is 0.912. The van der Waals surface area contributed by atoms with Gasteiger partial charge in [0, 0.05) is 43.4 Å². The van der Waals surface area contributed by atoms with Gasteiger partial charge in [-0.05, 0) is 48.9 Å². The summed E-state index contributed by atoms with van der Waals surface area (Å²) in [5, 5.41) is 3.46. The van der Waals surface area contributed by atoms with E-state index in [0.29, 0.717) is 0 Å². The average Bonchev–Trinajstić information content (AvgIpc) is 3.27. The average molecular weight is 355 g/mol. The standard InChI is InChI=1S/C17H27BrN2O/c1-3-9-20(13-14-4-5-14)17-7-6-16(18)11-15(17)12-19-8-10-21-2/h6-7,11,14,19H,3-5,8-10,12-13H2,1-2H3. The Hall–Kier alpha value is -0.580. The number of nitrogens with one attached hydrogen (secondary N) is 1. The van der Waals surface area contributed by atoms with Crippen molar-refractivity contribution in [1.29, 1.82) is 0 Å². The minimum atomic E-state index is 0.754. The van der Waals surface area contributed by atoms with Crippen molar-refractivity contribution in [3.05, 3.63) is 28.2 Å². The summed E-state index contributed by atoms with van der Waals surface area (Å²) in [5.41, 5.74) is 2.76. The molecule has 0 spiro atoms. The summed E-state index contributed by atoms with van der Waals surface area (Å²) in [4.78, 5) is 2.57. The zero-order valence-electron chi connectivity index (χ0n) is 13.2. The molecule has 4 heteroatoms. The Morgan fingerprint density at radius 3 is 2.86 bits per heavy atom. The number of hydrogen-bond acceptors (Lipinski definition) is 3. The highest BCUT2D eigenvalue weighted by Gasteiger charge is 2.25. The van der Waals surface area contributed by atoms with E-state index in [9.17, 15) is 0 Å². The molecule has 0 amide bonds. The first-order valence-corrected chi connectivity index (χ1v) is 8.77. The Labute approximate surface area is 137 Å². The van der Waals surface area contributed by atoms with Crippen molar-refractivity contribution >= 4 is 21.6 Å². The van der Waals surface area contributed by atoms with Crippen LogP contribution in [0.1, 0.15) is 31.7 Å². The van der Waals surface area contributed by atoms with Crippen LogP contribution in [-0.2, 0) is 11.3 Å². The van der Waals surface area contributed by atoms with E-state index in [1.165, 1.54) is 37.1 Å². The van der Waals surface area contributed by atoms with Crippen LogP contribution >= 0.6 is 15.9 Å². The fourth-order valence-electron chi connectivity index (χ4n) is 2.59. The number of anilines is 1. The van der Waals surface area contributed by atoms with E-state index < -0.39 is 0 Å². The maximum Gasteiger partial charge on any atom is 0.0587 e. The quantitative estimate of drug-likeness (QED) is 0.646. The van der Waals surface area contributed by atoms with Crippen molar-refractivity contribution in [2.75, 3.05) is 38.3 Å². The van der Waals surface area contributed by atoms with Crippen molar-refractivity contribution in [2.24, 2.45) is 5.92 Å². The fourth-order valence-corrected chi connectivity index (χ4v) is 3.00. The molecule has 118 valence electrons. The molecule has 2 rings (SSSR count). The lowest BCUT2D eigenvalue weighted by molar-refractivity contribution is 0.199. The third kappa shape index (κ3) is 5.61. The molecule has 1 fully saturated rings. The zero-order valence-corrected chi connectivity index (χ0v) is 14.8. The molecule has 0 aliphatic heterocycles. The first-order chi connectivity index (χ1) is 10.2. The third-order valence-electron chi connectivity index (χ3n) is 3.85. The Bertz CT molecular complexity index is 435. The summed E-state index contributed by atoms with van der Waals surface area (Å²) < 4.78 is 6.25. The highest BCUT2D eigenvalue weighted by atomic mass is 79.9. The van der Waals surface area contributed by atoms with Crippen molar-refractivity contribution in [1.82, 2.24) is 5.32 Å². The van der Waals surface area contributed by atoms with Crippen LogP contribution in [0.3, 0.4) is 0 Å². The number of ether oxygens (including phenoxy) is 1. The zero-order chi connectivity index (χ0) is 15.1. The molecule has 0 heterocycles. The molecular weight excluding hydrogens is 328 g/mol. The second kappa shape index (κ2) is 8.76. The molecule has 1 saturated carbocycles. The summed E-state index contributed by atoms with van der Waals surface area (Å²) in [6, 6.07) is 6.66. The smallest absolute Gasteiger partial charge is 0.0587 e. The summed E-state index contributed by atoms with van der Waals surface area (Å²) in [6.07, 6.45) is 4.00. The van der Waals surface area contributed by atoms with Crippen molar-refractivity contribution < 1.29 is 4.74 Å². The van der Waals surface area contributed by atoms with Crippen LogP contribution in [0.2, 0.25) is 0 Å². The van der Waals surface area contributed by atoms with Gasteiger partial charge in [0.2, 0.25) is 0 Å². The van der Waals surface area contributed by atoms with Crippen LogP contribution in [0.4, 0.5) is 5.69 Å². The van der Waals surface area contributed by atoms with Crippen molar-refractivity contribution in [3.8, 4) is 0 Å². The Morgan fingerprint density at radius 2 is 2.19 bits per heavy atom. The van der Waals surface area contributed by atoms with E-state index in [0.717, 1.165) is 36.6 Å². The predicted molar refractivity (Wildman–Crippen MR) is 93.0 cm³/mol. The summed E-state index contributed by atoms with van der Waals surface area (Å²) in [6.45, 7) is 7.14. The van der Waals surface area contributed by atoms with Gasteiger partial charge in [-0.3, -0.25) is 0 Å². The fraction of sp³-hybridized carbons (Fsp3) is 0.647. The van der Waals surface area contributed by atoms with Gasteiger partial charge in [0.1, 0.15) is 0 Å². The van der Waals surface area contributed by atoms with Gasteiger partial charge in [-0.25, -0.2) is 0 Å². The topological polar surface area (TPSA) is 24.5 Å². The lowest BCUT2D eigenvalue weighted by Crippen LogP contribution is -2.28. The Balaban J connectivity index is 2.06. The van der Waals surface area contributed by atoms with E-state index in [4.69, 9.17) is 4.74 Å². The van der Waals surface area contributed by atoms with Gasteiger partial charge >= 0.3 is 0 Å². The number of rotatable bonds is 10. The first kappa shape index (κ1) is 16.8. The van der Waals surface area contributed by atoms with Gasteiger partial charge in [0.05, 0.1) is 6.61 Å². The highest BCUT2D eigenvalue weighted by Crippen LogP contribution is 2.33. The molecular formula is C17H27BrN2O. The van der Waals surface area contributed by atoms with Crippen LogP contribution in [-0.4, -0.2) is 33.4 Å². The number of hydrogen-bond donors (Lipinski definition) is 1. The number of benzene rings is 1. The number of nitrogens with zero attached hydrogens (tertiary/aromatic N) is 1. The molecule has 1 aliphatic carbocycles. The number of methoxy groups -OCH3 is 1. The van der Waals surface area contributed by atoms with E-state index in [2.05, 4.69) is 51.3 Å². The molecule has 0 bridgehead atoms. The lowest BCUT2D eigenvalue weighted by atomic mass is 10.1. The lowest BCUT2D eigenvalue weighted by Gasteiger charge is -2.27. The SMILES string of the molecule is CCCN(CC1CC1)c1ccc(Br)cc1CNCCOC. The monoisotopic (exact) mass is 354 g/mol. The molecule has 21 heavy (non-hydrogen) atoms. The second-order valence-corrected chi connectivity index (χ2v) is 6.75. The summed E-state index contributed by atoms with van der Waals surface area (Å²) in [7, 11) is 1.74. The maximum atomic E-state index is 5.10. The Morgan fingerprint density at radius 1 is 1.38 bits per heavy atom. The van der Waals surface area contributed by atoms with Gasteiger partial charge in [0.15, 0.2) is 0 Å².